The van der Waals surface area contributed by atoms with Gasteiger partial charge in [0.1, 0.15) is 0 Å². The SMILES string of the molecule is C[C@@H]1[C@H](C)CCC[C@H]1NC(=O)C[NH2+][C@@H](c1ccccc1)c1ccco1. The van der Waals surface area contributed by atoms with E-state index in [2.05, 4.69) is 36.6 Å². The molecule has 4 heteroatoms. The van der Waals surface area contributed by atoms with E-state index in [-0.39, 0.29) is 11.9 Å². The van der Waals surface area contributed by atoms with Gasteiger partial charge in [-0.15, -0.1) is 0 Å². The Morgan fingerprint density at radius 1 is 1.20 bits per heavy atom. The highest BCUT2D eigenvalue weighted by molar-refractivity contribution is 5.77. The van der Waals surface area contributed by atoms with Crippen LogP contribution in [0.2, 0.25) is 0 Å². The maximum atomic E-state index is 12.5. The third-order valence-electron chi connectivity index (χ3n) is 5.60. The van der Waals surface area contributed by atoms with Crippen LogP contribution < -0.4 is 10.6 Å². The summed E-state index contributed by atoms with van der Waals surface area (Å²) in [4.78, 5) is 12.5. The molecule has 0 aliphatic heterocycles. The lowest BCUT2D eigenvalue weighted by Gasteiger charge is -2.34. The Morgan fingerprint density at radius 2 is 2.00 bits per heavy atom. The lowest BCUT2D eigenvalue weighted by molar-refractivity contribution is -0.678. The molecule has 0 unspecified atom stereocenters. The zero-order valence-corrected chi connectivity index (χ0v) is 15.2. The van der Waals surface area contributed by atoms with Crippen molar-refractivity contribution in [1.29, 1.82) is 0 Å². The first-order valence-corrected chi connectivity index (χ1v) is 9.36. The average molecular weight is 341 g/mol. The van der Waals surface area contributed by atoms with Gasteiger partial charge in [0, 0.05) is 11.6 Å². The number of hydrogen-bond donors (Lipinski definition) is 2. The Hall–Kier alpha value is -2.07. The second kappa shape index (κ2) is 8.34. The molecule has 25 heavy (non-hydrogen) atoms. The number of carbonyl (C=O) groups excluding carboxylic acids is 1. The molecule has 1 aliphatic rings. The van der Waals surface area contributed by atoms with Crippen LogP contribution in [0.1, 0.15) is 50.5 Å². The van der Waals surface area contributed by atoms with Crippen LogP contribution in [-0.4, -0.2) is 18.5 Å². The standard InChI is InChI=1S/C21H28N2O2/c1-15-8-6-11-18(16(15)2)23-20(24)14-22-21(19-12-7-13-25-19)17-9-4-3-5-10-17/h3-5,7,9-10,12-13,15-16,18,21-22H,6,8,11,14H2,1-2H3,(H,23,24)/p+1/t15-,16-,18-,21+/m1/s1. The van der Waals surface area contributed by atoms with Crippen molar-refractivity contribution in [3.63, 3.8) is 0 Å². The van der Waals surface area contributed by atoms with Crippen molar-refractivity contribution >= 4 is 5.91 Å². The minimum Gasteiger partial charge on any atom is -0.463 e. The number of furan rings is 1. The summed E-state index contributed by atoms with van der Waals surface area (Å²) >= 11 is 0. The van der Waals surface area contributed by atoms with Gasteiger partial charge in [0.2, 0.25) is 0 Å². The van der Waals surface area contributed by atoms with Gasteiger partial charge in [0.05, 0.1) is 6.26 Å². The van der Waals surface area contributed by atoms with Crippen LogP contribution in [0.5, 0.6) is 0 Å². The number of nitrogens with one attached hydrogen (secondary N) is 1. The molecule has 1 aromatic heterocycles. The van der Waals surface area contributed by atoms with E-state index in [1.807, 2.05) is 30.3 Å². The van der Waals surface area contributed by atoms with Crippen LogP contribution in [0.3, 0.4) is 0 Å². The number of nitrogens with two attached hydrogens (primary N) is 1. The monoisotopic (exact) mass is 341 g/mol. The van der Waals surface area contributed by atoms with Crippen LogP contribution in [-0.2, 0) is 4.79 Å². The van der Waals surface area contributed by atoms with Crippen molar-refractivity contribution in [2.75, 3.05) is 6.54 Å². The number of quaternary nitrogens is 1. The molecule has 1 saturated carbocycles. The minimum atomic E-state index is 0.00431. The van der Waals surface area contributed by atoms with Crippen LogP contribution in [0.15, 0.2) is 53.1 Å². The molecule has 4 nitrogen and oxygen atoms in total. The first kappa shape index (κ1) is 17.7. The van der Waals surface area contributed by atoms with Gasteiger partial charge in [-0.05, 0) is 30.4 Å². The zero-order chi connectivity index (χ0) is 17.6. The fourth-order valence-electron chi connectivity index (χ4n) is 3.82. The van der Waals surface area contributed by atoms with Gasteiger partial charge in [0.25, 0.3) is 5.91 Å². The fraction of sp³-hybridized carbons (Fsp3) is 0.476. The van der Waals surface area contributed by atoms with Crippen molar-refractivity contribution in [2.24, 2.45) is 11.8 Å². The molecular weight excluding hydrogens is 312 g/mol. The predicted octanol–water partition coefficient (Wildman–Crippen LogP) is 2.87. The van der Waals surface area contributed by atoms with E-state index in [9.17, 15) is 4.79 Å². The molecule has 1 aromatic carbocycles. The van der Waals surface area contributed by atoms with Gasteiger partial charge in [0.15, 0.2) is 18.3 Å². The zero-order valence-electron chi connectivity index (χ0n) is 15.2. The van der Waals surface area contributed by atoms with E-state index in [0.29, 0.717) is 24.4 Å². The molecule has 3 rings (SSSR count). The Labute approximate surface area is 150 Å². The maximum Gasteiger partial charge on any atom is 0.275 e. The molecule has 0 saturated heterocycles. The molecule has 4 atom stereocenters. The topological polar surface area (TPSA) is 58.9 Å². The number of benzene rings is 1. The largest absolute Gasteiger partial charge is 0.463 e. The fourth-order valence-corrected chi connectivity index (χ4v) is 3.82. The summed E-state index contributed by atoms with van der Waals surface area (Å²) in [5, 5.41) is 5.31. The molecule has 0 radical (unpaired) electrons. The Morgan fingerprint density at radius 3 is 2.72 bits per heavy atom. The molecule has 0 bridgehead atoms. The van der Waals surface area contributed by atoms with E-state index >= 15 is 0 Å². The smallest absolute Gasteiger partial charge is 0.275 e. The summed E-state index contributed by atoms with van der Waals surface area (Å²) in [5.41, 5.74) is 1.14. The normalized spacial score (nSPS) is 24.6. The summed E-state index contributed by atoms with van der Waals surface area (Å²) in [6, 6.07) is 14.4. The van der Waals surface area contributed by atoms with Crippen LogP contribution in [0.4, 0.5) is 0 Å². The minimum absolute atomic E-state index is 0.00431. The maximum absolute atomic E-state index is 12.5. The second-order valence-electron chi connectivity index (χ2n) is 7.28. The van der Waals surface area contributed by atoms with Crippen molar-refractivity contribution in [3.05, 3.63) is 60.1 Å². The molecule has 1 amide bonds. The van der Waals surface area contributed by atoms with E-state index in [1.165, 1.54) is 12.8 Å². The van der Waals surface area contributed by atoms with Gasteiger partial charge in [-0.25, -0.2) is 0 Å². The van der Waals surface area contributed by atoms with Crippen LogP contribution in [0, 0.1) is 11.8 Å². The van der Waals surface area contributed by atoms with Crippen LogP contribution in [0.25, 0.3) is 0 Å². The first-order chi connectivity index (χ1) is 12.1. The molecule has 0 spiro atoms. The highest BCUT2D eigenvalue weighted by Crippen LogP contribution is 2.29. The lowest BCUT2D eigenvalue weighted by atomic mass is 9.78. The molecule has 134 valence electrons. The summed E-state index contributed by atoms with van der Waals surface area (Å²) < 4.78 is 5.60. The number of rotatable bonds is 6. The van der Waals surface area contributed by atoms with Gasteiger partial charge in [-0.1, -0.05) is 57.0 Å². The van der Waals surface area contributed by atoms with Crippen molar-refractivity contribution in [2.45, 2.75) is 45.2 Å². The third-order valence-corrected chi connectivity index (χ3v) is 5.60. The van der Waals surface area contributed by atoms with Crippen molar-refractivity contribution in [3.8, 4) is 0 Å². The molecule has 1 aliphatic carbocycles. The number of carbonyl (C=O) groups is 1. The Balaban J connectivity index is 1.60. The molecule has 1 fully saturated rings. The van der Waals surface area contributed by atoms with Gasteiger partial charge in [-0.2, -0.15) is 0 Å². The molecule has 2 aromatic rings. The highest BCUT2D eigenvalue weighted by Gasteiger charge is 2.29. The third kappa shape index (κ3) is 4.51. The summed E-state index contributed by atoms with van der Waals surface area (Å²) in [7, 11) is 0. The summed E-state index contributed by atoms with van der Waals surface area (Å²) in [6.07, 6.45) is 5.26. The second-order valence-corrected chi connectivity index (χ2v) is 7.28. The van der Waals surface area contributed by atoms with Crippen molar-refractivity contribution in [1.82, 2.24) is 5.32 Å². The predicted molar refractivity (Wildman–Crippen MR) is 97.9 cm³/mol. The number of amides is 1. The van der Waals surface area contributed by atoms with Gasteiger partial charge in [-0.3, -0.25) is 4.79 Å². The Bertz CT molecular complexity index is 654. The average Bonchev–Trinajstić information content (AvgIpc) is 3.14. The lowest BCUT2D eigenvalue weighted by Crippen LogP contribution is -2.88. The van der Waals surface area contributed by atoms with E-state index < -0.39 is 0 Å². The molecule has 3 N–H and O–H groups in total. The van der Waals surface area contributed by atoms with Crippen LogP contribution >= 0.6 is 0 Å². The summed E-state index contributed by atoms with van der Waals surface area (Å²) in [5.74, 6) is 2.22. The van der Waals surface area contributed by atoms with Crippen molar-refractivity contribution < 1.29 is 14.5 Å². The molecular formula is C21H29N2O2+. The highest BCUT2D eigenvalue weighted by atomic mass is 16.3. The molecule has 1 heterocycles. The van der Waals surface area contributed by atoms with Gasteiger partial charge < -0.3 is 15.1 Å². The summed E-state index contributed by atoms with van der Waals surface area (Å²) in [6.45, 7) is 4.95. The van der Waals surface area contributed by atoms with E-state index in [0.717, 1.165) is 17.7 Å². The number of hydrogen-bond acceptors (Lipinski definition) is 2. The first-order valence-electron chi connectivity index (χ1n) is 9.36. The quantitative estimate of drug-likeness (QED) is 0.849. The Kier molecular flexibility index (Phi) is 5.92. The van der Waals surface area contributed by atoms with Gasteiger partial charge >= 0.3 is 0 Å². The van der Waals surface area contributed by atoms with E-state index in [1.54, 1.807) is 6.26 Å². The van der Waals surface area contributed by atoms with E-state index in [4.69, 9.17) is 4.42 Å².